The first kappa shape index (κ1) is 15.9. The Labute approximate surface area is 122 Å². The molecule has 0 saturated carbocycles. The van der Waals surface area contributed by atoms with Gasteiger partial charge in [0.1, 0.15) is 0 Å². The topological polar surface area (TPSA) is 20.3 Å². The molecule has 0 spiro atoms. The van der Waals surface area contributed by atoms with Gasteiger partial charge >= 0.3 is 6.18 Å². The molecule has 21 heavy (non-hydrogen) atoms. The molecule has 1 unspecified atom stereocenters. The van der Waals surface area contributed by atoms with E-state index in [1.54, 1.807) is 6.07 Å². The van der Waals surface area contributed by atoms with Crippen LogP contribution in [0.2, 0.25) is 0 Å². The zero-order valence-electron chi connectivity index (χ0n) is 12.5. The van der Waals surface area contributed by atoms with E-state index in [4.69, 9.17) is 0 Å². The van der Waals surface area contributed by atoms with Crippen LogP contribution in [0.1, 0.15) is 43.1 Å². The molecule has 1 heterocycles. The lowest BCUT2D eigenvalue weighted by Crippen LogP contribution is -2.26. The monoisotopic (exact) mass is 299 g/mol. The van der Waals surface area contributed by atoms with E-state index in [-0.39, 0.29) is 17.3 Å². The van der Waals surface area contributed by atoms with Crippen LogP contribution >= 0.6 is 0 Å². The van der Waals surface area contributed by atoms with Crippen LogP contribution < -0.4 is 4.90 Å². The highest BCUT2D eigenvalue weighted by atomic mass is 19.4. The molecular weight excluding hydrogens is 279 g/mol. The summed E-state index contributed by atoms with van der Waals surface area (Å²) in [5, 5.41) is 0. The van der Waals surface area contributed by atoms with Crippen LogP contribution in [0.15, 0.2) is 18.2 Å². The molecule has 0 amide bonds. The van der Waals surface area contributed by atoms with Crippen molar-refractivity contribution in [2.24, 2.45) is 11.3 Å². The molecule has 1 saturated heterocycles. The van der Waals surface area contributed by atoms with Gasteiger partial charge in [-0.3, -0.25) is 4.79 Å². The summed E-state index contributed by atoms with van der Waals surface area (Å²) in [4.78, 5) is 12.7. The van der Waals surface area contributed by atoms with Crippen molar-refractivity contribution in [2.75, 3.05) is 18.0 Å². The maximum atomic E-state index is 13.0. The van der Waals surface area contributed by atoms with Gasteiger partial charge in [0.05, 0.1) is 5.56 Å². The predicted molar refractivity (Wildman–Crippen MR) is 76.6 cm³/mol. The standard InChI is InChI=1S/C16H20F3NO/c1-15(2,3)12-6-7-20(9-12)13-5-4-11(10-21)14(8-13)16(17,18)19/h4-5,8,10,12H,6-7,9H2,1-3H3. The largest absolute Gasteiger partial charge is 0.417 e. The third-order valence-corrected chi connectivity index (χ3v) is 4.25. The zero-order valence-corrected chi connectivity index (χ0v) is 12.5. The first-order valence-electron chi connectivity index (χ1n) is 7.04. The van der Waals surface area contributed by atoms with E-state index in [0.29, 0.717) is 11.6 Å². The Balaban J connectivity index is 2.28. The van der Waals surface area contributed by atoms with Crippen molar-refractivity contribution in [3.05, 3.63) is 29.3 Å². The molecule has 0 N–H and O–H groups in total. The number of alkyl halides is 3. The molecule has 1 fully saturated rings. The minimum atomic E-state index is -4.50. The molecule has 0 radical (unpaired) electrons. The number of halogens is 3. The minimum absolute atomic E-state index is 0.143. The maximum absolute atomic E-state index is 13.0. The number of aldehydes is 1. The molecule has 116 valence electrons. The average molecular weight is 299 g/mol. The second-order valence-corrected chi connectivity index (χ2v) is 6.68. The van der Waals surface area contributed by atoms with Crippen LogP contribution in [0.3, 0.4) is 0 Å². The van der Waals surface area contributed by atoms with Crippen LogP contribution in [-0.2, 0) is 6.18 Å². The number of carbonyl (C=O) groups is 1. The number of hydrogen-bond acceptors (Lipinski definition) is 2. The Kier molecular flexibility index (Phi) is 4.04. The summed E-state index contributed by atoms with van der Waals surface area (Å²) in [6.45, 7) is 7.95. The van der Waals surface area contributed by atoms with Crippen molar-refractivity contribution in [2.45, 2.75) is 33.4 Å². The van der Waals surface area contributed by atoms with Gasteiger partial charge in [0.2, 0.25) is 0 Å². The highest BCUT2D eigenvalue weighted by Crippen LogP contribution is 2.38. The SMILES string of the molecule is CC(C)(C)C1CCN(c2ccc(C=O)c(C(F)(F)F)c2)C1. The quantitative estimate of drug-likeness (QED) is 0.755. The summed E-state index contributed by atoms with van der Waals surface area (Å²) >= 11 is 0. The van der Waals surface area contributed by atoms with Gasteiger partial charge < -0.3 is 4.90 Å². The fourth-order valence-corrected chi connectivity index (χ4v) is 2.79. The Hall–Kier alpha value is -1.52. The highest BCUT2D eigenvalue weighted by molar-refractivity contribution is 5.79. The molecule has 0 aromatic heterocycles. The van der Waals surface area contributed by atoms with E-state index in [9.17, 15) is 18.0 Å². The number of carbonyl (C=O) groups excluding carboxylic acids is 1. The van der Waals surface area contributed by atoms with Gasteiger partial charge in [-0.05, 0) is 36.0 Å². The molecule has 1 aliphatic rings. The van der Waals surface area contributed by atoms with Crippen LogP contribution in [-0.4, -0.2) is 19.4 Å². The Morgan fingerprint density at radius 3 is 2.38 bits per heavy atom. The van der Waals surface area contributed by atoms with Gasteiger partial charge in [0, 0.05) is 24.3 Å². The minimum Gasteiger partial charge on any atom is -0.371 e. The van der Waals surface area contributed by atoms with Gasteiger partial charge in [0.15, 0.2) is 6.29 Å². The van der Waals surface area contributed by atoms with E-state index < -0.39 is 11.7 Å². The molecule has 1 aromatic rings. The lowest BCUT2D eigenvalue weighted by Gasteiger charge is -2.27. The third kappa shape index (κ3) is 3.39. The first-order valence-corrected chi connectivity index (χ1v) is 7.04. The predicted octanol–water partition coefficient (Wildman–Crippen LogP) is 4.39. The molecule has 5 heteroatoms. The average Bonchev–Trinajstić information content (AvgIpc) is 2.86. The molecule has 1 aromatic carbocycles. The third-order valence-electron chi connectivity index (χ3n) is 4.25. The van der Waals surface area contributed by atoms with E-state index in [2.05, 4.69) is 20.8 Å². The van der Waals surface area contributed by atoms with Crippen molar-refractivity contribution >= 4 is 12.0 Å². The zero-order chi connectivity index (χ0) is 15.8. The smallest absolute Gasteiger partial charge is 0.371 e. The molecule has 1 aliphatic heterocycles. The van der Waals surface area contributed by atoms with Crippen LogP contribution in [0, 0.1) is 11.3 Å². The molecule has 2 nitrogen and oxygen atoms in total. The fourth-order valence-electron chi connectivity index (χ4n) is 2.79. The number of hydrogen-bond donors (Lipinski definition) is 0. The van der Waals surface area contributed by atoms with Crippen molar-refractivity contribution in [1.29, 1.82) is 0 Å². The van der Waals surface area contributed by atoms with E-state index in [0.717, 1.165) is 25.6 Å². The van der Waals surface area contributed by atoms with Gasteiger partial charge in [-0.15, -0.1) is 0 Å². The van der Waals surface area contributed by atoms with Crippen LogP contribution in [0.4, 0.5) is 18.9 Å². The Morgan fingerprint density at radius 2 is 1.90 bits per heavy atom. The van der Waals surface area contributed by atoms with Crippen LogP contribution in [0.5, 0.6) is 0 Å². The summed E-state index contributed by atoms with van der Waals surface area (Å²) < 4.78 is 39.0. The Bertz CT molecular complexity index is 531. The number of benzene rings is 1. The van der Waals surface area contributed by atoms with Gasteiger partial charge in [-0.25, -0.2) is 0 Å². The van der Waals surface area contributed by atoms with Crippen LogP contribution in [0.25, 0.3) is 0 Å². The summed E-state index contributed by atoms with van der Waals surface area (Å²) in [7, 11) is 0. The maximum Gasteiger partial charge on any atom is 0.417 e. The van der Waals surface area contributed by atoms with Gasteiger partial charge in [0.25, 0.3) is 0 Å². The van der Waals surface area contributed by atoms with E-state index in [1.165, 1.54) is 6.07 Å². The Morgan fingerprint density at radius 1 is 1.24 bits per heavy atom. The number of anilines is 1. The van der Waals surface area contributed by atoms with Gasteiger partial charge in [-0.1, -0.05) is 20.8 Å². The fraction of sp³-hybridized carbons (Fsp3) is 0.562. The number of rotatable bonds is 2. The summed E-state index contributed by atoms with van der Waals surface area (Å²) in [6, 6.07) is 3.95. The van der Waals surface area contributed by atoms with Crippen molar-refractivity contribution in [1.82, 2.24) is 0 Å². The molecule has 1 atom stereocenters. The van der Waals surface area contributed by atoms with Crippen molar-refractivity contribution in [3.63, 3.8) is 0 Å². The number of nitrogens with zero attached hydrogens (tertiary/aromatic N) is 1. The highest BCUT2D eigenvalue weighted by Gasteiger charge is 2.36. The lowest BCUT2D eigenvalue weighted by molar-refractivity contribution is -0.137. The second kappa shape index (κ2) is 5.35. The van der Waals surface area contributed by atoms with Crippen molar-refractivity contribution in [3.8, 4) is 0 Å². The summed E-state index contributed by atoms with van der Waals surface area (Å²) in [5.74, 6) is 0.456. The molecule has 2 rings (SSSR count). The van der Waals surface area contributed by atoms with Crippen molar-refractivity contribution < 1.29 is 18.0 Å². The molecular formula is C16H20F3NO. The van der Waals surface area contributed by atoms with E-state index in [1.807, 2.05) is 4.90 Å². The first-order chi connectivity index (χ1) is 9.63. The molecule has 0 aliphatic carbocycles. The van der Waals surface area contributed by atoms with Gasteiger partial charge in [-0.2, -0.15) is 13.2 Å². The van der Waals surface area contributed by atoms with E-state index >= 15 is 0 Å². The lowest BCUT2D eigenvalue weighted by atomic mass is 9.80. The summed E-state index contributed by atoms with van der Waals surface area (Å²) in [5.41, 5.74) is -0.476. The normalized spacial score (nSPS) is 19.9. The second-order valence-electron chi connectivity index (χ2n) is 6.68. The summed E-state index contributed by atoms with van der Waals surface area (Å²) in [6.07, 6.45) is -3.27. The molecule has 0 bridgehead atoms.